The normalized spacial score (nSPS) is 27.4. The van der Waals surface area contributed by atoms with Crippen molar-refractivity contribution in [3.8, 4) is 0 Å². The molecule has 2 saturated carbocycles. The molecule has 0 bridgehead atoms. The molecule has 1 heterocycles. The van der Waals surface area contributed by atoms with Crippen LogP contribution in [0.2, 0.25) is 0 Å². The average Bonchev–Trinajstić information content (AvgIpc) is 3.48. The Kier molecular flexibility index (Phi) is 7.65. The molecule has 2 aliphatic carbocycles. The van der Waals surface area contributed by atoms with Crippen LogP contribution in [0.15, 0.2) is 35.3 Å². The van der Waals surface area contributed by atoms with E-state index in [9.17, 15) is 0 Å². The molecule has 2 N–H and O–H groups in total. The lowest BCUT2D eigenvalue weighted by atomic mass is 9.65. The standard InChI is InChI=1S/C23H36N4.HI/c1-18-15-21(11-14-27(18)16-19-7-4-3-5-8-19)26-22(24-2)25-17-23(12-6-13-23)20-9-10-20;/h3-5,7-8,18,20-21H,6,9-17H2,1-2H3,(H2,24,25,26);1H. The number of hydrogen-bond donors (Lipinski definition) is 2. The number of hydrogen-bond acceptors (Lipinski definition) is 2. The molecular weight excluding hydrogens is 459 g/mol. The molecule has 2 atom stereocenters. The average molecular weight is 496 g/mol. The summed E-state index contributed by atoms with van der Waals surface area (Å²) in [7, 11) is 1.91. The molecule has 28 heavy (non-hydrogen) atoms. The summed E-state index contributed by atoms with van der Waals surface area (Å²) in [5.41, 5.74) is 2.00. The highest BCUT2D eigenvalue weighted by atomic mass is 127. The maximum absolute atomic E-state index is 4.52. The van der Waals surface area contributed by atoms with Gasteiger partial charge in [-0.05, 0) is 62.3 Å². The molecule has 2 unspecified atom stereocenters. The Morgan fingerprint density at radius 3 is 2.50 bits per heavy atom. The number of halogens is 1. The van der Waals surface area contributed by atoms with E-state index in [1.807, 2.05) is 7.05 Å². The fraction of sp³-hybridized carbons (Fsp3) is 0.696. The van der Waals surface area contributed by atoms with Gasteiger partial charge in [0.1, 0.15) is 0 Å². The summed E-state index contributed by atoms with van der Waals surface area (Å²) in [6.07, 6.45) is 9.51. The van der Waals surface area contributed by atoms with Crippen molar-refractivity contribution in [3.63, 3.8) is 0 Å². The molecule has 3 aliphatic rings. The molecule has 0 spiro atoms. The van der Waals surface area contributed by atoms with Crippen LogP contribution in [0.3, 0.4) is 0 Å². The number of benzene rings is 1. The van der Waals surface area contributed by atoms with Gasteiger partial charge in [-0.3, -0.25) is 9.89 Å². The highest BCUT2D eigenvalue weighted by Crippen LogP contribution is 2.56. The summed E-state index contributed by atoms with van der Waals surface area (Å²) in [4.78, 5) is 7.13. The van der Waals surface area contributed by atoms with Crippen LogP contribution in [0, 0.1) is 11.3 Å². The maximum atomic E-state index is 4.52. The van der Waals surface area contributed by atoms with E-state index < -0.39 is 0 Å². The molecular formula is C23H37IN4. The smallest absolute Gasteiger partial charge is 0.191 e. The van der Waals surface area contributed by atoms with Gasteiger partial charge in [0.15, 0.2) is 5.96 Å². The predicted molar refractivity (Wildman–Crippen MR) is 128 cm³/mol. The lowest BCUT2D eigenvalue weighted by Gasteiger charge is -2.43. The van der Waals surface area contributed by atoms with Crippen molar-refractivity contribution in [2.45, 2.75) is 70.5 Å². The molecule has 5 heteroatoms. The van der Waals surface area contributed by atoms with Crippen molar-refractivity contribution in [1.82, 2.24) is 15.5 Å². The largest absolute Gasteiger partial charge is 0.356 e. The SMILES string of the molecule is CN=C(NCC1(C2CC2)CCC1)NC1CCN(Cc2ccccc2)C(C)C1.I. The zero-order valence-corrected chi connectivity index (χ0v) is 19.8. The summed E-state index contributed by atoms with van der Waals surface area (Å²) >= 11 is 0. The van der Waals surface area contributed by atoms with Crippen LogP contribution in [-0.4, -0.2) is 43.1 Å². The first kappa shape index (κ1) is 21.9. The van der Waals surface area contributed by atoms with Crippen molar-refractivity contribution in [3.05, 3.63) is 35.9 Å². The second-order valence-corrected chi connectivity index (χ2v) is 9.09. The van der Waals surface area contributed by atoms with Gasteiger partial charge in [0.05, 0.1) is 0 Å². The molecule has 1 aromatic carbocycles. The Hall–Kier alpha value is -0.820. The van der Waals surface area contributed by atoms with E-state index in [4.69, 9.17) is 0 Å². The lowest BCUT2D eigenvalue weighted by molar-refractivity contribution is 0.105. The van der Waals surface area contributed by atoms with Gasteiger partial charge in [-0.15, -0.1) is 24.0 Å². The van der Waals surface area contributed by atoms with Gasteiger partial charge in [-0.25, -0.2) is 0 Å². The number of nitrogens with zero attached hydrogens (tertiary/aromatic N) is 2. The second-order valence-electron chi connectivity index (χ2n) is 9.09. The molecule has 3 fully saturated rings. The second kappa shape index (κ2) is 9.79. The number of likely N-dealkylation sites (tertiary alicyclic amines) is 1. The maximum Gasteiger partial charge on any atom is 0.191 e. The van der Waals surface area contributed by atoms with Crippen LogP contribution in [0.25, 0.3) is 0 Å². The highest BCUT2D eigenvalue weighted by molar-refractivity contribution is 14.0. The summed E-state index contributed by atoms with van der Waals surface area (Å²) in [6.45, 7) is 5.69. The molecule has 4 rings (SSSR count). The van der Waals surface area contributed by atoms with E-state index in [0.717, 1.165) is 31.5 Å². The van der Waals surface area contributed by atoms with Gasteiger partial charge in [0.2, 0.25) is 0 Å². The molecule has 0 amide bonds. The zero-order chi connectivity index (χ0) is 18.7. The van der Waals surface area contributed by atoms with E-state index in [1.54, 1.807) is 0 Å². The van der Waals surface area contributed by atoms with Crippen molar-refractivity contribution in [1.29, 1.82) is 0 Å². The van der Waals surface area contributed by atoms with Gasteiger partial charge in [-0.1, -0.05) is 36.8 Å². The minimum absolute atomic E-state index is 0. The van der Waals surface area contributed by atoms with Crippen LogP contribution in [0.4, 0.5) is 0 Å². The van der Waals surface area contributed by atoms with Gasteiger partial charge in [0, 0.05) is 38.8 Å². The Morgan fingerprint density at radius 1 is 1.18 bits per heavy atom. The molecule has 1 aliphatic heterocycles. The topological polar surface area (TPSA) is 39.7 Å². The number of aliphatic imine (C=N–C) groups is 1. The van der Waals surface area contributed by atoms with Gasteiger partial charge in [-0.2, -0.15) is 0 Å². The van der Waals surface area contributed by atoms with Crippen LogP contribution in [0.1, 0.15) is 57.4 Å². The van der Waals surface area contributed by atoms with E-state index in [0.29, 0.717) is 17.5 Å². The van der Waals surface area contributed by atoms with Crippen LogP contribution in [-0.2, 0) is 6.54 Å². The minimum Gasteiger partial charge on any atom is -0.356 e. The van der Waals surface area contributed by atoms with Gasteiger partial charge >= 0.3 is 0 Å². The first-order valence-corrected chi connectivity index (χ1v) is 10.9. The third-order valence-electron chi connectivity index (χ3n) is 7.21. The Morgan fingerprint density at radius 2 is 1.93 bits per heavy atom. The Labute approximate surface area is 188 Å². The fourth-order valence-electron chi connectivity index (χ4n) is 5.11. The first-order chi connectivity index (χ1) is 13.2. The van der Waals surface area contributed by atoms with Crippen molar-refractivity contribution in [2.75, 3.05) is 20.1 Å². The lowest BCUT2D eigenvalue weighted by Crippen LogP contribution is -2.53. The summed E-state index contributed by atoms with van der Waals surface area (Å²) in [6, 6.07) is 12.0. The monoisotopic (exact) mass is 496 g/mol. The van der Waals surface area contributed by atoms with Gasteiger partial charge in [0.25, 0.3) is 0 Å². The van der Waals surface area contributed by atoms with E-state index in [1.165, 1.54) is 50.5 Å². The van der Waals surface area contributed by atoms with Crippen molar-refractivity contribution < 1.29 is 0 Å². The third-order valence-corrected chi connectivity index (χ3v) is 7.21. The fourth-order valence-corrected chi connectivity index (χ4v) is 5.11. The molecule has 1 aromatic rings. The quantitative estimate of drug-likeness (QED) is 0.349. The molecule has 0 radical (unpaired) electrons. The molecule has 0 aromatic heterocycles. The number of rotatable bonds is 6. The Bertz CT molecular complexity index is 639. The highest BCUT2D eigenvalue weighted by Gasteiger charge is 2.48. The number of guanidine groups is 1. The van der Waals surface area contributed by atoms with Crippen LogP contribution < -0.4 is 10.6 Å². The summed E-state index contributed by atoms with van der Waals surface area (Å²) in [5, 5.41) is 7.38. The van der Waals surface area contributed by atoms with Crippen molar-refractivity contribution in [2.24, 2.45) is 16.3 Å². The minimum atomic E-state index is 0. The van der Waals surface area contributed by atoms with Crippen molar-refractivity contribution >= 4 is 29.9 Å². The summed E-state index contributed by atoms with van der Waals surface area (Å²) < 4.78 is 0. The first-order valence-electron chi connectivity index (χ1n) is 10.9. The number of piperidine rings is 1. The van der Waals surface area contributed by atoms with E-state index in [2.05, 4.69) is 57.8 Å². The zero-order valence-electron chi connectivity index (χ0n) is 17.5. The van der Waals surface area contributed by atoms with E-state index in [-0.39, 0.29) is 24.0 Å². The molecule has 156 valence electrons. The Balaban J connectivity index is 0.00000225. The summed E-state index contributed by atoms with van der Waals surface area (Å²) in [5.74, 6) is 1.99. The molecule has 4 nitrogen and oxygen atoms in total. The van der Waals surface area contributed by atoms with Crippen LogP contribution >= 0.6 is 24.0 Å². The third kappa shape index (κ3) is 5.21. The van der Waals surface area contributed by atoms with E-state index >= 15 is 0 Å². The molecule has 1 saturated heterocycles. The van der Waals surface area contributed by atoms with Crippen LogP contribution in [0.5, 0.6) is 0 Å². The van der Waals surface area contributed by atoms with Gasteiger partial charge < -0.3 is 10.6 Å². The predicted octanol–water partition coefficient (Wildman–Crippen LogP) is 4.40. The number of nitrogens with one attached hydrogen (secondary N) is 2.